The molecule has 0 aromatic heterocycles. The molecule has 2 aromatic carbocycles. The molecule has 7 heteroatoms. The molecule has 0 aliphatic carbocycles. The Hall–Kier alpha value is -2.13. The molecule has 2 aromatic rings. The van der Waals surface area contributed by atoms with Crippen molar-refractivity contribution in [2.75, 3.05) is 19.6 Å². The molecule has 0 bridgehead atoms. The normalized spacial score (nSPS) is 18.8. The van der Waals surface area contributed by atoms with E-state index in [0.29, 0.717) is 31.6 Å². The predicted octanol–water partition coefficient (Wildman–Crippen LogP) is 3.92. The van der Waals surface area contributed by atoms with Crippen LogP contribution in [0.4, 0.5) is 0 Å². The number of carbonyl (C=O) groups is 1. The number of amides is 1. The first kappa shape index (κ1) is 27.1. The van der Waals surface area contributed by atoms with Crippen LogP contribution in [0.15, 0.2) is 65.7 Å². The smallest absolute Gasteiger partial charge is 0.222 e. The Kier molecular flexibility index (Phi) is 12.2. The van der Waals surface area contributed by atoms with Crippen LogP contribution in [-0.4, -0.2) is 48.5 Å². The first-order valence-electron chi connectivity index (χ1n) is 11.8. The molecule has 180 valence electrons. The fourth-order valence-electron chi connectivity index (χ4n) is 4.07. The van der Waals surface area contributed by atoms with Crippen molar-refractivity contribution < 1.29 is 4.79 Å². The topological polar surface area (TPSA) is 68.8 Å². The van der Waals surface area contributed by atoms with Gasteiger partial charge in [-0.25, -0.2) is 0 Å². The van der Waals surface area contributed by atoms with Crippen molar-refractivity contribution >= 4 is 35.8 Å². The zero-order valence-corrected chi connectivity index (χ0v) is 22.1. The number of benzene rings is 2. The van der Waals surface area contributed by atoms with Crippen LogP contribution in [0.5, 0.6) is 0 Å². The lowest BCUT2D eigenvalue weighted by molar-refractivity contribution is -0.121. The average Bonchev–Trinajstić information content (AvgIpc) is 2.81. The number of nitrogens with zero attached hydrogens (tertiary/aromatic N) is 2. The molecule has 1 fully saturated rings. The summed E-state index contributed by atoms with van der Waals surface area (Å²) in [6.45, 7) is 8.26. The molecule has 1 aliphatic heterocycles. The van der Waals surface area contributed by atoms with Crippen LogP contribution >= 0.6 is 24.0 Å². The van der Waals surface area contributed by atoms with Gasteiger partial charge in [-0.05, 0) is 37.8 Å². The molecule has 1 saturated heterocycles. The van der Waals surface area contributed by atoms with Crippen LogP contribution in [0.25, 0.3) is 0 Å². The lowest BCUT2D eigenvalue weighted by Crippen LogP contribution is -2.51. The fraction of sp³-hybridized carbons (Fsp3) is 0.462. The molecule has 1 aliphatic rings. The van der Waals surface area contributed by atoms with Crippen molar-refractivity contribution in [3.05, 3.63) is 71.8 Å². The number of guanidine groups is 1. The maximum atomic E-state index is 12.1. The largest absolute Gasteiger partial charge is 0.357 e. The molecule has 0 saturated carbocycles. The Bertz CT molecular complexity index is 846. The van der Waals surface area contributed by atoms with E-state index < -0.39 is 0 Å². The van der Waals surface area contributed by atoms with Gasteiger partial charge in [0.25, 0.3) is 0 Å². The van der Waals surface area contributed by atoms with Gasteiger partial charge < -0.3 is 16.0 Å². The molecule has 6 nitrogen and oxygen atoms in total. The quantitative estimate of drug-likeness (QED) is 0.246. The van der Waals surface area contributed by atoms with E-state index >= 15 is 0 Å². The van der Waals surface area contributed by atoms with Gasteiger partial charge in [0.1, 0.15) is 0 Å². The maximum absolute atomic E-state index is 12.1. The van der Waals surface area contributed by atoms with Crippen molar-refractivity contribution in [3.63, 3.8) is 0 Å². The lowest BCUT2D eigenvalue weighted by atomic mass is 9.97. The van der Waals surface area contributed by atoms with E-state index in [0.717, 1.165) is 44.0 Å². The summed E-state index contributed by atoms with van der Waals surface area (Å²) < 4.78 is 0. The second-order valence-corrected chi connectivity index (χ2v) is 8.44. The van der Waals surface area contributed by atoms with Gasteiger partial charge in [-0.15, -0.1) is 24.0 Å². The van der Waals surface area contributed by atoms with Crippen molar-refractivity contribution in [2.24, 2.45) is 4.99 Å². The molecule has 3 rings (SSSR count). The van der Waals surface area contributed by atoms with Crippen molar-refractivity contribution in [2.45, 2.75) is 58.3 Å². The van der Waals surface area contributed by atoms with Gasteiger partial charge >= 0.3 is 0 Å². The number of likely N-dealkylation sites (tertiary alicyclic amines) is 1. The summed E-state index contributed by atoms with van der Waals surface area (Å²) in [5, 5.41) is 9.87. The number of aliphatic imine (C=N–C) groups is 1. The van der Waals surface area contributed by atoms with Crippen LogP contribution in [0.2, 0.25) is 0 Å². The highest BCUT2D eigenvalue weighted by Crippen LogP contribution is 2.19. The molecule has 1 heterocycles. The second kappa shape index (κ2) is 14.9. The van der Waals surface area contributed by atoms with E-state index in [9.17, 15) is 4.79 Å². The first-order valence-corrected chi connectivity index (χ1v) is 11.8. The van der Waals surface area contributed by atoms with Crippen molar-refractivity contribution in [1.82, 2.24) is 20.9 Å². The Morgan fingerprint density at radius 2 is 1.70 bits per heavy atom. The minimum atomic E-state index is 0. The molecule has 1 amide bonds. The third-order valence-corrected chi connectivity index (χ3v) is 5.87. The Labute approximate surface area is 215 Å². The average molecular weight is 564 g/mol. The SMILES string of the molecule is CCNC(=NCCC(=O)NCc1ccccc1)NC1CCN(Cc2ccccc2)C(C)C1.I. The lowest BCUT2D eigenvalue weighted by Gasteiger charge is -2.38. The van der Waals surface area contributed by atoms with Crippen molar-refractivity contribution in [3.8, 4) is 0 Å². The minimum Gasteiger partial charge on any atom is -0.357 e. The maximum Gasteiger partial charge on any atom is 0.222 e. The number of piperidine rings is 1. The van der Waals surface area contributed by atoms with Crippen LogP contribution in [0.1, 0.15) is 44.2 Å². The third-order valence-electron chi connectivity index (χ3n) is 5.87. The van der Waals surface area contributed by atoms with E-state index in [1.807, 2.05) is 30.3 Å². The van der Waals surface area contributed by atoms with Gasteiger partial charge in [0.2, 0.25) is 5.91 Å². The Balaban J connectivity index is 0.00000385. The monoisotopic (exact) mass is 563 g/mol. The Morgan fingerprint density at radius 1 is 1.03 bits per heavy atom. The molecule has 0 spiro atoms. The number of hydrogen-bond donors (Lipinski definition) is 3. The summed E-state index contributed by atoms with van der Waals surface area (Å²) in [5.74, 6) is 0.827. The number of carbonyl (C=O) groups excluding carboxylic acids is 1. The van der Waals surface area contributed by atoms with Gasteiger partial charge in [-0.2, -0.15) is 0 Å². The highest BCUT2D eigenvalue weighted by molar-refractivity contribution is 14.0. The summed E-state index contributed by atoms with van der Waals surface area (Å²) in [6, 6.07) is 21.5. The molecule has 33 heavy (non-hydrogen) atoms. The molecule has 2 unspecified atom stereocenters. The van der Waals surface area contributed by atoms with E-state index in [-0.39, 0.29) is 29.9 Å². The molecular formula is C26H38IN5O. The summed E-state index contributed by atoms with van der Waals surface area (Å²) in [7, 11) is 0. The van der Waals surface area contributed by atoms with Gasteiger partial charge in [-0.1, -0.05) is 60.7 Å². The highest BCUT2D eigenvalue weighted by Gasteiger charge is 2.25. The number of hydrogen-bond acceptors (Lipinski definition) is 3. The third kappa shape index (κ3) is 9.71. The van der Waals surface area contributed by atoms with Crippen LogP contribution < -0.4 is 16.0 Å². The molecule has 0 radical (unpaired) electrons. The number of nitrogens with one attached hydrogen (secondary N) is 3. The van der Waals surface area contributed by atoms with Crippen LogP contribution in [0, 0.1) is 0 Å². The van der Waals surface area contributed by atoms with E-state index in [1.54, 1.807) is 0 Å². The van der Waals surface area contributed by atoms with E-state index in [1.165, 1.54) is 5.56 Å². The van der Waals surface area contributed by atoms with Crippen molar-refractivity contribution in [1.29, 1.82) is 0 Å². The highest BCUT2D eigenvalue weighted by atomic mass is 127. The molecule has 2 atom stereocenters. The minimum absolute atomic E-state index is 0. The van der Waals surface area contributed by atoms with Gasteiger partial charge in [0.15, 0.2) is 5.96 Å². The number of halogens is 1. The summed E-state index contributed by atoms with van der Waals surface area (Å²) in [6.07, 6.45) is 2.54. The summed E-state index contributed by atoms with van der Waals surface area (Å²) in [5.41, 5.74) is 2.47. The number of rotatable bonds is 9. The predicted molar refractivity (Wildman–Crippen MR) is 147 cm³/mol. The zero-order chi connectivity index (χ0) is 22.6. The first-order chi connectivity index (χ1) is 15.6. The van der Waals surface area contributed by atoms with Crippen LogP contribution in [-0.2, 0) is 17.9 Å². The second-order valence-electron chi connectivity index (χ2n) is 8.44. The fourth-order valence-corrected chi connectivity index (χ4v) is 4.07. The van der Waals surface area contributed by atoms with E-state index in [2.05, 4.69) is 70.0 Å². The summed E-state index contributed by atoms with van der Waals surface area (Å²) >= 11 is 0. The van der Waals surface area contributed by atoms with Gasteiger partial charge in [0, 0.05) is 44.7 Å². The summed E-state index contributed by atoms with van der Waals surface area (Å²) in [4.78, 5) is 19.3. The molecule has 3 N–H and O–H groups in total. The standard InChI is InChI=1S/C26H37N5O.HI/c1-3-27-26(28-16-14-25(32)29-19-22-10-6-4-7-11-22)30-24-15-17-31(21(2)18-24)20-23-12-8-5-9-13-23;/h4-13,21,24H,3,14-20H2,1-2H3,(H,29,32)(H2,27,28,30);1H. The van der Waals surface area contributed by atoms with E-state index in [4.69, 9.17) is 0 Å². The zero-order valence-electron chi connectivity index (χ0n) is 19.8. The van der Waals surface area contributed by atoms with Crippen LogP contribution in [0.3, 0.4) is 0 Å². The molecular weight excluding hydrogens is 525 g/mol. The Morgan fingerprint density at radius 3 is 2.33 bits per heavy atom. The van der Waals surface area contributed by atoms with Gasteiger partial charge in [0.05, 0.1) is 6.54 Å². The van der Waals surface area contributed by atoms with Gasteiger partial charge in [-0.3, -0.25) is 14.7 Å².